The lowest BCUT2D eigenvalue weighted by atomic mass is 9.89. The Hall–Kier alpha value is -2.15. The van der Waals surface area contributed by atoms with Gasteiger partial charge in [0.05, 0.1) is 5.56 Å². The molecular formula is C21H21F3N2OS. The molecule has 2 heterocycles. The summed E-state index contributed by atoms with van der Waals surface area (Å²) in [5.41, 5.74) is 0.710. The molecule has 2 aromatic carbocycles. The van der Waals surface area contributed by atoms with Crippen LogP contribution in [0.25, 0.3) is 0 Å². The fraction of sp³-hybridized carbons (Fsp3) is 0.381. The van der Waals surface area contributed by atoms with Gasteiger partial charge in [0.2, 0.25) is 0 Å². The van der Waals surface area contributed by atoms with Gasteiger partial charge in [-0.05, 0) is 73.2 Å². The van der Waals surface area contributed by atoms with Gasteiger partial charge in [0.25, 0.3) is 0 Å². The SMILES string of the molecule is Cc1cc(Oc2ccc(C3CCCN4CCSN=C34)cc2)ccc1C(F)(F)F. The van der Waals surface area contributed by atoms with Crippen molar-refractivity contribution in [2.24, 2.45) is 4.40 Å². The predicted octanol–water partition coefficient (Wildman–Crippen LogP) is 6.05. The van der Waals surface area contributed by atoms with Crippen LogP contribution in [-0.2, 0) is 6.18 Å². The zero-order valence-electron chi connectivity index (χ0n) is 15.5. The van der Waals surface area contributed by atoms with Crippen molar-refractivity contribution in [3.05, 3.63) is 59.2 Å². The van der Waals surface area contributed by atoms with Crippen LogP contribution >= 0.6 is 11.9 Å². The molecule has 1 fully saturated rings. The van der Waals surface area contributed by atoms with Gasteiger partial charge in [-0.2, -0.15) is 13.2 Å². The number of nitrogens with zero attached hydrogens (tertiary/aromatic N) is 2. The van der Waals surface area contributed by atoms with Crippen molar-refractivity contribution in [3.8, 4) is 11.5 Å². The third-order valence-corrected chi connectivity index (χ3v) is 5.87. The molecular weight excluding hydrogens is 385 g/mol. The van der Waals surface area contributed by atoms with Gasteiger partial charge in [0, 0.05) is 24.8 Å². The second kappa shape index (κ2) is 7.70. The first-order valence-electron chi connectivity index (χ1n) is 9.32. The maximum absolute atomic E-state index is 12.9. The number of hydrogen-bond donors (Lipinski definition) is 0. The van der Waals surface area contributed by atoms with Crippen LogP contribution in [0.1, 0.15) is 35.4 Å². The van der Waals surface area contributed by atoms with Crippen LogP contribution in [0, 0.1) is 6.92 Å². The molecule has 7 heteroatoms. The van der Waals surface area contributed by atoms with Crippen LogP contribution in [0.2, 0.25) is 0 Å². The smallest absolute Gasteiger partial charge is 0.416 e. The van der Waals surface area contributed by atoms with Crippen molar-refractivity contribution in [2.45, 2.75) is 31.9 Å². The maximum atomic E-state index is 12.9. The van der Waals surface area contributed by atoms with Gasteiger partial charge in [0.1, 0.15) is 17.3 Å². The van der Waals surface area contributed by atoms with Gasteiger partial charge in [0.15, 0.2) is 0 Å². The molecule has 0 aliphatic carbocycles. The van der Waals surface area contributed by atoms with E-state index in [1.54, 1.807) is 11.9 Å². The number of halogens is 3. The highest BCUT2D eigenvalue weighted by atomic mass is 32.2. The Morgan fingerprint density at radius 3 is 2.54 bits per heavy atom. The lowest BCUT2D eigenvalue weighted by Crippen LogP contribution is -2.42. The van der Waals surface area contributed by atoms with Crippen molar-refractivity contribution in [1.29, 1.82) is 0 Å². The molecule has 0 radical (unpaired) electrons. The van der Waals surface area contributed by atoms with Crippen molar-refractivity contribution in [2.75, 3.05) is 18.8 Å². The second-order valence-electron chi connectivity index (χ2n) is 7.11. The minimum absolute atomic E-state index is 0.150. The third-order valence-electron chi connectivity index (χ3n) is 5.19. The molecule has 1 saturated heterocycles. The fourth-order valence-electron chi connectivity index (χ4n) is 3.80. The number of hydrogen-bond acceptors (Lipinski definition) is 4. The molecule has 0 aromatic heterocycles. The van der Waals surface area contributed by atoms with Crippen molar-refractivity contribution < 1.29 is 17.9 Å². The van der Waals surface area contributed by atoms with Gasteiger partial charge >= 0.3 is 6.18 Å². The highest BCUT2D eigenvalue weighted by Gasteiger charge is 2.32. The zero-order valence-corrected chi connectivity index (χ0v) is 16.3. The highest BCUT2D eigenvalue weighted by Crippen LogP contribution is 2.36. The lowest BCUT2D eigenvalue weighted by molar-refractivity contribution is -0.138. The van der Waals surface area contributed by atoms with Crippen LogP contribution in [0.4, 0.5) is 13.2 Å². The van der Waals surface area contributed by atoms with Gasteiger partial charge in [-0.1, -0.05) is 12.1 Å². The van der Waals surface area contributed by atoms with Crippen LogP contribution in [0.5, 0.6) is 11.5 Å². The third kappa shape index (κ3) is 3.99. The molecule has 28 heavy (non-hydrogen) atoms. The quantitative estimate of drug-likeness (QED) is 0.581. The van der Waals surface area contributed by atoms with Gasteiger partial charge in [-0.25, -0.2) is 4.40 Å². The van der Waals surface area contributed by atoms with E-state index in [1.165, 1.54) is 24.6 Å². The van der Waals surface area contributed by atoms with Crippen LogP contribution in [0.15, 0.2) is 46.9 Å². The minimum Gasteiger partial charge on any atom is -0.457 e. The first kappa shape index (κ1) is 19.2. The van der Waals surface area contributed by atoms with E-state index >= 15 is 0 Å². The van der Waals surface area contributed by atoms with E-state index in [1.807, 2.05) is 24.3 Å². The fourth-order valence-corrected chi connectivity index (χ4v) is 4.57. The molecule has 0 spiro atoms. The monoisotopic (exact) mass is 406 g/mol. The summed E-state index contributed by atoms with van der Waals surface area (Å²) in [6.45, 7) is 3.56. The number of alkyl halides is 3. The summed E-state index contributed by atoms with van der Waals surface area (Å²) in [5, 5.41) is 0. The molecule has 0 saturated carbocycles. The number of aryl methyl sites for hydroxylation is 1. The Bertz CT molecular complexity index is 880. The first-order chi connectivity index (χ1) is 13.4. The average Bonchev–Trinajstić information content (AvgIpc) is 2.67. The normalized spacial score (nSPS) is 19.8. The summed E-state index contributed by atoms with van der Waals surface area (Å²) in [5.74, 6) is 3.50. The van der Waals surface area contributed by atoms with E-state index < -0.39 is 11.7 Å². The lowest BCUT2D eigenvalue weighted by Gasteiger charge is -2.37. The molecule has 0 amide bonds. The summed E-state index contributed by atoms with van der Waals surface area (Å²) < 4.78 is 49.1. The van der Waals surface area contributed by atoms with Gasteiger partial charge < -0.3 is 9.64 Å². The molecule has 2 aliphatic rings. The molecule has 2 aromatic rings. The molecule has 1 unspecified atom stereocenters. The highest BCUT2D eigenvalue weighted by molar-refractivity contribution is 7.98. The van der Waals surface area contributed by atoms with E-state index in [4.69, 9.17) is 4.74 Å². The van der Waals surface area contributed by atoms with E-state index in [9.17, 15) is 13.2 Å². The summed E-state index contributed by atoms with van der Waals surface area (Å²) in [6.07, 6.45) is -2.12. The Morgan fingerprint density at radius 1 is 1.07 bits per heavy atom. The molecule has 0 N–H and O–H groups in total. The van der Waals surface area contributed by atoms with E-state index in [0.717, 1.165) is 43.6 Å². The Balaban J connectivity index is 1.49. The number of amidine groups is 1. The van der Waals surface area contributed by atoms with E-state index in [2.05, 4.69) is 9.30 Å². The molecule has 148 valence electrons. The molecule has 4 rings (SSSR count). The molecule has 2 aliphatic heterocycles. The Labute approximate surface area is 166 Å². The molecule has 1 atom stereocenters. The first-order valence-corrected chi connectivity index (χ1v) is 10.3. The number of rotatable bonds is 3. The number of piperidine rings is 1. The Kier molecular flexibility index (Phi) is 5.27. The second-order valence-corrected chi connectivity index (χ2v) is 7.96. The van der Waals surface area contributed by atoms with Crippen molar-refractivity contribution in [1.82, 2.24) is 4.90 Å². The van der Waals surface area contributed by atoms with Gasteiger partial charge in [-0.15, -0.1) is 0 Å². The van der Waals surface area contributed by atoms with E-state index in [-0.39, 0.29) is 5.56 Å². The summed E-state index contributed by atoms with van der Waals surface area (Å²) in [6, 6.07) is 11.6. The summed E-state index contributed by atoms with van der Waals surface area (Å²) in [7, 11) is 0. The van der Waals surface area contributed by atoms with Crippen LogP contribution < -0.4 is 4.74 Å². The number of fused-ring (bicyclic) bond motifs is 1. The number of benzene rings is 2. The topological polar surface area (TPSA) is 24.8 Å². The van der Waals surface area contributed by atoms with Gasteiger partial charge in [-0.3, -0.25) is 0 Å². The molecule has 0 bridgehead atoms. The van der Waals surface area contributed by atoms with Crippen molar-refractivity contribution >= 4 is 17.8 Å². The maximum Gasteiger partial charge on any atom is 0.416 e. The minimum atomic E-state index is -4.35. The van der Waals surface area contributed by atoms with Crippen molar-refractivity contribution in [3.63, 3.8) is 0 Å². The molecule has 3 nitrogen and oxygen atoms in total. The zero-order chi connectivity index (χ0) is 19.7. The average molecular weight is 406 g/mol. The van der Waals surface area contributed by atoms with E-state index in [0.29, 0.717) is 17.4 Å². The summed E-state index contributed by atoms with van der Waals surface area (Å²) in [4.78, 5) is 2.38. The summed E-state index contributed by atoms with van der Waals surface area (Å²) >= 11 is 1.63. The Morgan fingerprint density at radius 2 is 1.82 bits per heavy atom. The van der Waals surface area contributed by atoms with Crippen LogP contribution in [-0.4, -0.2) is 29.6 Å². The largest absolute Gasteiger partial charge is 0.457 e. The standard InChI is InChI=1S/C21H21F3N2OS/c1-14-13-17(8-9-19(14)21(22,23)24)27-16-6-4-15(5-7-16)18-3-2-10-26-11-12-28-25-20(18)26/h4-9,13,18H,2-3,10-12H2,1H3. The van der Waals surface area contributed by atoms with Crippen LogP contribution in [0.3, 0.4) is 0 Å². The number of ether oxygens (including phenoxy) is 1. The predicted molar refractivity (Wildman–Crippen MR) is 106 cm³/mol.